The van der Waals surface area contributed by atoms with Crippen LogP contribution in [0, 0.1) is 0 Å². The van der Waals surface area contributed by atoms with E-state index in [4.69, 9.17) is 4.74 Å². The molecule has 1 aliphatic heterocycles. The molecule has 0 radical (unpaired) electrons. The van der Waals surface area contributed by atoms with Crippen molar-refractivity contribution < 1.29 is 9.53 Å². The molecule has 0 saturated carbocycles. The van der Waals surface area contributed by atoms with Crippen molar-refractivity contribution in [2.75, 3.05) is 19.7 Å². The Morgan fingerprint density at radius 3 is 2.95 bits per heavy atom. The number of halogens is 2. The fourth-order valence-electron chi connectivity index (χ4n) is 2.23. The van der Waals surface area contributed by atoms with E-state index < -0.39 is 0 Å². The number of benzene rings is 1. The minimum absolute atomic E-state index is 0. The smallest absolute Gasteiger partial charge is 0.220 e. The number of carbonyl (C=O) groups excluding carboxylic acids is 1. The first-order valence-corrected chi connectivity index (χ1v) is 7.92. The van der Waals surface area contributed by atoms with Crippen LogP contribution in [0.4, 0.5) is 0 Å². The molecular formula is C15H22BrClN2O2. The van der Waals surface area contributed by atoms with Crippen LogP contribution in [0.25, 0.3) is 0 Å². The lowest BCUT2D eigenvalue weighted by Crippen LogP contribution is -2.37. The lowest BCUT2D eigenvalue weighted by atomic mass is 10.2. The number of hydrogen-bond acceptors (Lipinski definition) is 3. The molecule has 1 amide bonds. The van der Waals surface area contributed by atoms with Crippen LogP contribution >= 0.6 is 28.3 Å². The minimum Gasteiger partial charge on any atom is -0.492 e. The average Bonchev–Trinajstić information content (AvgIpc) is 2.96. The van der Waals surface area contributed by atoms with Gasteiger partial charge in [0.1, 0.15) is 5.75 Å². The zero-order valence-corrected chi connectivity index (χ0v) is 14.3. The van der Waals surface area contributed by atoms with E-state index in [9.17, 15) is 4.79 Å². The summed E-state index contributed by atoms with van der Waals surface area (Å²) in [6.45, 7) is 2.36. The Morgan fingerprint density at radius 1 is 1.43 bits per heavy atom. The predicted octanol–water partition coefficient (Wildman–Crippen LogP) is 2.90. The summed E-state index contributed by atoms with van der Waals surface area (Å²) in [4.78, 5) is 11.7. The molecule has 0 aromatic heterocycles. The molecule has 0 aliphatic carbocycles. The maximum atomic E-state index is 11.7. The summed E-state index contributed by atoms with van der Waals surface area (Å²) in [7, 11) is 0. The Labute approximate surface area is 140 Å². The molecule has 1 unspecified atom stereocenters. The van der Waals surface area contributed by atoms with E-state index in [0.29, 0.717) is 19.1 Å². The van der Waals surface area contributed by atoms with Gasteiger partial charge in [0.15, 0.2) is 0 Å². The summed E-state index contributed by atoms with van der Waals surface area (Å²) in [6.07, 6.45) is 3.61. The number of amides is 1. The standard InChI is InChI=1S/C15H21BrN2O2.ClH/c16-13-6-1-2-7-14(13)20-10-4-8-15(19)18-11-12-5-3-9-17-12;/h1-2,6-7,12,17H,3-5,8-11H2,(H,18,19);1H. The number of rotatable bonds is 7. The van der Waals surface area contributed by atoms with E-state index in [1.165, 1.54) is 6.42 Å². The van der Waals surface area contributed by atoms with Crippen molar-refractivity contribution in [3.8, 4) is 5.75 Å². The molecule has 4 nitrogen and oxygen atoms in total. The number of nitrogens with one attached hydrogen (secondary N) is 2. The van der Waals surface area contributed by atoms with Crippen LogP contribution in [0.5, 0.6) is 5.75 Å². The quantitative estimate of drug-likeness (QED) is 0.718. The average molecular weight is 378 g/mol. The molecule has 1 atom stereocenters. The third kappa shape index (κ3) is 6.68. The van der Waals surface area contributed by atoms with E-state index in [1.807, 2.05) is 24.3 Å². The van der Waals surface area contributed by atoms with Gasteiger partial charge in [0, 0.05) is 19.0 Å². The highest BCUT2D eigenvalue weighted by Gasteiger charge is 2.14. The summed E-state index contributed by atoms with van der Waals surface area (Å²) in [5.74, 6) is 0.928. The third-order valence-corrected chi connectivity index (χ3v) is 4.01. The van der Waals surface area contributed by atoms with Gasteiger partial charge in [-0.05, 0) is 53.9 Å². The van der Waals surface area contributed by atoms with Crippen molar-refractivity contribution in [2.24, 2.45) is 0 Å². The van der Waals surface area contributed by atoms with Crippen LogP contribution in [0.3, 0.4) is 0 Å². The Balaban J connectivity index is 0.00000220. The SMILES string of the molecule is Cl.O=C(CCCOc1ccccc1Br)NCC1CCCN1. The molecular weight excluding hydrogens is 356 g/mol. The van der Waals surface area contributed by atoms with Crippen LogP contribution in [0.15, 0.2) is 28.7 Å². The van der Waals surface area contributed by atoms with Gasteiger partial charge in [-0.1, -0.05) is 12.1 Å². The number of para-hydroxylation sites is 1. The fraction of sp³-hybridized carbons (Fsp3) is 0.533. The summed E-state index contributed by atoms with van der Waals surface area (Å²) in [5, 5.41) is 6.33. The maximum Gasteiger partial charge on any atom is 0.220 e. The van der Waals surface area contributed by atoms with Gasteiger partial charge >= 0.3 is 0 Å². The van der Waals surface area contributed by atoms with Crippen molar-refractivity contribution in [2.45, 2.75) is 31.7 Å². The van der Waals surface area contributed by atoms with Crippen LogP contribution in [0.1, 0.15) is 25.7 Å². The van der Waals surface area contributed by atoms with Crippen molar-refractivity contribution >= 4 is 34.2 Å². The Hall–Kier alpha value is -0.780. The molecule has 1 saturated heterocycles. The first kappa shape index (κ1) is 18.3. The number of ether oxygens (including phenoxy) is 1. The zero-order valence-electron chi connectivity index (χ0n) is 11.9. The predicted molar refractivity (Wildman–Crippen MR) is 90.2 cm³/mol. The molecule has 1 aliphatic rings. The van der Waals surface area contributed by atoms with Crippen molar-refractivity contribution in [1.82, 2.24) is 10.6 Å². The molecule has 2 rings (SSSR count). The molecule has 2 N–H and O–H groups in total. The van der Waals surface area contributed by atoms with E-state index in [0.717, 1.165) is 36.2 Å². The van der Waals surface area contributed by atoms with Gasteiger partial charge in [0.05, 0.1) is 11.1 Å². The van der Waals surface area contributed by atoms with Crippen molar-refractivity contribution in [1.29, 1.82) is 0 Å². The molecule has 6 heteroatoms. The van der Waals surface area contributed by atoms with E-state index >= 15 is 0 Å². The second-order valence-electron chi connectivity index (χ2n) is 4.98. The molecule has 1 aromatic carbocycles. The van der Waals surface area contributed by atoms with E-state index in [1.54, 1.807) is 0 Å². The van der Waals surface area contributed by atoms with Gasteiger partial charge in [0.25, 0.3) is 0 Å². The first-order valence-electron chi connectivity index (χ1n) is 7.13. The highest BCUT2D eigenvalue weighted by Crippen LogP contribution is 2.23. The minimum atomic E-state index is 0. The first-order chi connectivity index (χ1) is 9.75. The van der Waals surface area contributed by atoms with E-state index in [-0.39, 0.29) is 18.3 Å². The van der Waals surface area contributed by atoms with Crippen LogP contribution < -0.4 is 15.4 Å². The normalized spacial score (nSPS) is 17.1. The Bertz CT molecular complexity index is 439. The van der Waals surface area contributed by atoms with Crippen LogP contribution in [-0.2, 0) is 4.79 Å². The summed E-state index contributed by atoms with van der Waals surface area (Å²) in [6, 6.07) is 8.19. The molecule has 1 heterocycles. The summed E-state index contributed by atoms with van der Waals surface area (Å²) < 4.78 is 6.57. The summed E-state index contributed by atoms with van der Waals surface area (Å²) >= 11 is 3.43. The third-order valence-electron chi connectivity index (χ3n) is 3.35. The zero-order chi connectivity index (χ0) is 14.2. The monoisotopic (exact) mass is 376 g/mol. The molecule has 118 valence electrons. The molecule has 0 spiro atoms. The lowest BCUT2D eigenvalue weighted by molar-refractivity contribution is -0.121. The highest BCUT2D eigenvalue weighted by atomic mass is 79.9. The topological polar surface area (TPSA) is 50.4 Å². The van der Waals surface area contributed by atoms with Gasteiger partial charge in [-0.2, -0.15) is 0 Å². The Kier molecular flexibility index (Phi) is 8.73. The maximum absolute atomic E-state index is 11.7. The summed E-state index contributed by atoms with van der Waals surface area (Å²) in [5.41, 5.74) is 0. The van der Waals surface area contributed by atoms with Crippen molar-refractivity contribution in [3.63, 3.8) is 0 Å². The fourth-order valence-corrected chi connectivity index (χ4v) is 2.63. The Morgan fingerprint density at radius 2 is 2.24 bits per heavy atom. The van der Waals surface area contributed by atoms with Gasteiger partial charge in [-0.15, -0.1) is 12.4 Å². The molecule has 1 fully saturated rings. The van der Waals surface area contributed by atoms with E-state index in [2.05, 4.69) is 26.6 Å². The second kappa shape index (κ2) is 10.0. The number of carbonyl (C=O) groups is 1. The van der Waals surface area contributed by atoms with Crippen LogP contribution in [-0.4, -0.2) is 31.6 Å². The van der Waals surface area contributed by atoms with Gasteiger partial charge in [0.2, 0.25) is 5.91 Å². The highest BCUT2D eigenvalue weighted by molar-refractivity contribution is 9.10. The molecule has 21 heavy (non-hydrogen) atoms. The second-order valence-corrected chi connectivity index (χ2v) is 5.83. The largest absolute Gasteiger partial charge is 0.492 e. The van der Waals surface area contributed by atoms with Crippen LogP contribution in [0.2, 0.25) is 0 Å². The van der Waals surface area contributed by atoms with Gasteiger partial charge in [-0.25, -0.2) is 0 Å². The number of hydrogen-bond donors (Lipinski definition) is 2. The molecule has 0 bridgehead atoms. The van der Waals surface area contributed by atoms with Crippen molar-refractivity contribution in [3.05, 3.63) is 28.7 Å². The van der Waals surface area contributed by atoms with Gasteiger partial charge < -0.3 is 15.4 Å². The molecule has 1 aromatic rings. The van der Waals surface area contributed by atoms with Gasteiger partial charge in [-0.3, -0.25) is 4.79 Å². The lowest BCUT2D eigenvalue weighted by Gasteiger charge is -2.11.